The maximum absolute atomic E-state index is 5.81. The van der Waals surface area contributed by atoms with Crippen molar-refractivity contribution < 1.29 is 9.47 Å². The van der Waals surface area contributed by atoms with Crippen LogP contribution in [0, 0.1) is 6.92 Å². The maximum Gasteiger partial charge on any atom is 0.158 e. The molecule has 24 heavy (non-hydrogen) atoms. The standard InChI is InChI=1S/C17H20N4O2S/c1-12-20-15-6-5-13(8-16(15)24-12)21-17(18-11-19-21)10-22-9-14-4-2-3-7-23-14/h5-6,8,11,14H,2-4,7,9-10H2,1H3. The lowest BCUT2D eigenvalue weighted by molar-refractivity contribution is -0.0460. The molecule has 0 radical (unpaired) electrons. The first-order valence-corrected chi connectivity index (χ1v) is 9.07. The molecule has 1 unspecified atom stereocenters. The van der Waals surface area contributed by atoms with Crippen LogP contribution in [0.3, 0.4) is 0 Å². The fourth-order valence-electron chi connectivity index (χ4n) is 2.96. The summed E-state index contributed by atoms with van der Waals surface area (Å²) in [6.07, 6.45) is 5.24. The first-order chi connectivity index (χ1) is 11.8. The zero-order chi connectivity index (χ0) is 16.4. The van der Waals surface area contributed by atoms with Crippen molar-refractivity contribution >= 4 is 21.6 Å². The average molecular weight is 344 g/mol. The lowest BCUT2D eigenvalue weighted by Gasteiger charge is -2.22. The Morgan fingerprint density at radius 3 is 3.21 bits per heavy atom. The summed E-state index contributed by atoms with van der Waals surface area (Å²) in [6.45, 7) is 3.91. The summed E-state index contributed by atoms with van der Waals surface area (Å²) < 4.78 is 14.5. The summed E-state index contributed by atoms with van der Waals surface area (Å²) >= 11 is 1.69. The van der Waals surface area contributed by atoms with Crippen LogP contribution < -0.4 is 0 Å². The van der Waals surface area contributed by atoms with Crippen molar-refractivity contribution in [1.29, 1.82) is 0 Å². The highest BCUT2D eigenvalue weighted by Gasteiger charge is 2.15. The fourth-order valence-corrected chi connectivity index (χ4v) is 3.82. The van der Waals surface area contributed by atoms with E-state index in [1.54, 1.807) is 17.7 Å². The van der Waals surface area contributed by atoms with Crippen molar-refractivity contribution in [2.24, 2.45) is 0 Å². The first kappa shape index (κ1) is 15.7. The predicted octanol–water partition coefficient (Wildman–Crippen LogP) is 3.27. The summed E-state index contributed by atoms with van der Waals surface area (Å²) in [6, 6.07) is 6.14. The van der Waals surface area contributed by atoms with E-state index in [1.165, 1.54) is 6.42 Å². The zero-order valence-corrected chi connectivity index (χ0v) is 14.5. The molecule has 6 nitrogen and oxygen atoms in total. The van der Waals surface area contributed by atoms with Gasteiger partial charge in [0.15, 0.2) is 5.82 Å². The highest BCUT2D eigenvalue weighted by molar-refractivity contribution is 7.18. The molecular weight excluding hydrogens is 324 g/mol. The Labute approximate surface area is 144 Å². The summed E-state index contributed by atoms with van der Waals surface area (Å²) in [7, 11) is 0. The van der Waals surface area contributed by atoms with Gasteiger partial charge in [0.25, 0.3) is 0 Å². The summed E-state index contributed by atoms with van der Waals surface area (Å²) in [4.78, 5) is 8.83. The molecule has 2 aromatic heterocycles. The van der Waals surface area contributed by atoms with E-state index in [0.29, 0.717) is 13.2 Å². The predicted molar refractivity (Wildman–Crippen MR) is 92.5 cm³/mol. The summed E-state index contributed by atoms with van der Waals surface area (Å²) in [5.74, 6) is 0.798. The van der Waals surface area contributed by atoms with Gasteiger partial charge >= 0.3 is 0 Å². The van der Waals surface area contributed by atoms with E-state index in [2.05, 4.69) is 21.1 Å². The molecule has 0 spiro atoms. The van der Waals surface area contributed by atoms with Crippen molar-refractivity contribution in [3.63, 3.8) is 0 Å². The number of hydrogen-bond acceptors (Lipinski definition) is 6. The van der Waals surface area contributed by atoms with E-state index in [4.69, 9.17) is 9.47 Å². The van der Waals surface area contributed by atoms with Gasteiger partial charge in [-0.15, -0.1) is 11.3 Å². The fraction of sp³-hybridized carbons (Fsp3) is 0.471. The van der Waals surface area contributed by atoms with Crippen LogP contribution in [0.5, 0.6) is 0 Å². The topological polar surface area (TPSA) is 62.1 Å². The number of aromatic nitrogens is 4. The quantitative estimate of drug-likeness (QED) is 0.711. The van der Waals surface area contributed by atoms with Crippen LogP contribution in [0.4, 0.5) is 0 Å². The number of benzene rings is 1. The molecule has 0 bridgehead atoms. The number of rotatable bonds is 5. The third-order valence-electron chi connectivity index (χ3n) is 4.15. The van der Waals surface area contributed by atoms with Gasteiger partial charge in [0.2, 0.25) is 0 Å². The monoisotopic (exact) mass is 344 g/mol. The first-order valence-electron chi connectivity index (χ1n) is 8.25. The molecule has 3 aromatic rings. The molecule has 0 saturated carbocycles. The van der Waals surface area contributed by atoms with E-state index < -0.39 is 0 Å². The van der Waals surface area contributed by atoms with Crippen molar-refractivity contribution in [3.05, 3.63) is 35.4 Å². The highest BCUT2D eigenvalue weighted by Crippen LogP contribution is 2.24. The second-order valence-corrected chi connectivity index (χ2v) is 7.21. The third-order valence-corrected chi connectivity index (χ3v) is 5.08. The molecule has 1 atom stereocenters. The number of aryl methyl sites for hydroxylation is 1. The van der Waals surface area contributed by atoms with Crippen molar-refractivity contribution in [2.45, 2.75) is 38.9 Å². The molecule has 7 heteroatoms. The van der Waals surface area contributed by atoms with Gasteiger partial charge in [-0.25, -0.2) is 14.6 Å². The number of ether oxygens (including phenoxy) is 2. The molecule has 1 aromatic carbocycles. The molecule has 1 aliphatic heterocycles. The summed E-state index contributed by atoms with van der Waals surface area (Å²) in [5.41, 5.74) is 2.00. The van der Waals surface area contributed by atoms with Crippen molar-refractivity contribution in [2.75, 3.05) is 13.2 Å². The number of hydrogen-bond donors (Lipinski definition) is 0. The molecule has 126 valence electrons. The Kier molecular flexibility index (Phi) is 4.55. The molecule has 0 amide bonds. The molecule has 3 heterocycles. The van der Waals surface area contributed by atoms with Crippen LogP contribution in [0.25, 0.3) is 15.9 Å². The van der Waals surface area contributed by atoms with Gasteiger partial charge in [-0.2, -0.15) is 5.10 Å². The van der Waals surface area contributed by atoms with Crippen molar-refractivity contribution in [1.82, 2.24) is 19.7 Å². The molecule has 1 aliphatic rings. The minimum Gasteiger partial charge on any atom is -0.376 e. The third kappa shape index (κ3) is 3.33. The van der Waals surface area contributed by atoms with Crippen molar-refractivity contribution in [3.8, 4) is 5.69 Å². The van der Waals surface area contributed by atoms with E-state index in [1.807, 2.05) is 23.7 Å². The van der Waals surface area contributed by atoms with Gasteiger partial charge in [0.1, 0.15) is 12.9 Å². The van der Waals surface area contributed by atoms with E-state index in [9.17, 15) is 0 Å². The van der Waals surface area contributed by atoms with Crippen LogP contribution in [0.2, 0.25) is 0 Å². The Morgan fingerprint density at radius 2 is 2.33 bits per heavy atom. The van der Waals surface area contributed by atoms with Gasteiger partial charge in [-0.3, -0.25) is 0 Å². The number of nitrogens with zero attached hydrogens (tertiary/aromatic N) is 4. The second-order valence-electron chi connectivity index (χ2n) is 5.98. The normalized spacial score (nSPS) is 18.3. The molecular formula is C17H20N4O2S. The molecule has 0 aliphatic carbocycles. The van der Waals surface area contributed by atoms with Crippen LogP contribution in [0.15, 0.2) is 24.5 Å². The Bertz CT molecular complexity index is 823. The number of fused-ring (bicyclic) bond motifs is 1. The van der Waals surface area contributed by atoms with Crippen LogP contribution in [0.1, 0.15) is 30.1 Å². The lowest BCUT2D eigenvalue weighted by atomic mass is 10.1. The molecule has 1 fully saturated rings. The van der Waals surface area contributed by atoms with Gasteiger partial charge in [0, 0.05) is 6.61 Å². The van der Waals surface area contributed by atoms with E-state index in [-0.39, 0.29) is 6.10 Å². The molecule has 1 saturated heterocycles. The Hall–Kier alpha value is -1.83. The van der Waals surface area contributed by atoms with Gasteiger partial charge < -0.3 is 9.47 Å². The molecule has 4 rings (SSSR count). The lowest BCUT2D eigenvalue weighted by Crippen LogP contribution is -2.24. The minimum absolute atomic E-state index is 0.214. The van der Waals surface area contributed by atoms with Crippen LogP contribution in [-0.2, 0) is 16.1 Å². The SMILES string of the molecule is Cc1nc2ccc(-n3ncnc3COCC3CCCCO3)cc2s1. The largest absolute Gasteiger partial charge is 0.376 e. The Morgan fingerprint density at radius 1 is 1.38 bits per heavy atom. The van der Waals surface area contributed by atoms with Crippen LogP contribution >= 0.6 is 11.3 Å². The van der Waals surface area contributed by atoms with Gasteiger partial charge in [0.05, 0.1) is 33.6 Å². The number of thiazole rings is 1. The van der Waals surface area contributed by atoms with Gasteiger partial charge in [-0.05, 0) is 44.4 Å². The smallest absolute Gasteiger partial charge is 0.158 e. The van der Waals surface area contributed by atoms with Crippen LogP contribution in [-0.4, -0.2) is 39.1 Å². The van der Waals surface area contributed by atoms with E-state index in [0.717, 1.165) is 46.2 Å². The van der Waals surface area contributed by atoms with E-state index >= 15 is 0 Å². The zero-order valence-electron chi connectivity index (χ0n) is 13.6. The molecule has 0 N–H and O–H groups in total. The highest BCUT2D eigenvalue weighted by atomic mass is 32.1. The van der Waals surface area contributed by atoms with Gasteiger partial charge in [-0.1, -0.05) is 0 Å². The minimum atomic E-state index is 0.214. The maximum atomic E-state index is 5.81. The Balaban J connectivity index is 1.46. The summed E-state index contributed by atoms with van der Waals surface area (Å²) in [5, 5.41) is 5.41. The average Bonchev–Trinajstić information content (AvgIpc) is 3.20. The second kappa shape index (κ2) is 6.96.